The van der Waals surface area contributed by atoms with Crippen molar-refractivity contribution in [2.75, 3.05) is 11.1 Å². The van der Waals surface area contributed by atoms with Gasteiger partial charge in [-0.1, -0.05) is 36.7 Å². The van der Waals surface area contributed by atoms with E-state index in [1.54, 1.807) is 24.3 Å². The molecule has 0 fully saturated rings. The number of hydrogen-bond donors (Lipinski definition) is 1. The number of benzene rings is 2. The van der Waals surface area contributed by atoms with Gasteiger partial charge in [0.05, 0.1) is 17.0 Å². The molecule has 3 aromatic rings. The predicted molar refractivity (Wildman–Crippen MR) is 106 cm³/mol. The summed E-state index contributed by atoms with van der Waals surface area (Å²) >= 11 is 5.97. The first-order chi connectivity index (χ1) is 13.4. The molecule has 1 amide bonds. The quantitative estimate of drug-likeness (QED) is 0.609. The molecule has 9 heteroatoms. The Morgan fingerprint density at radius 2 is 1.71 bits per heavy atom. The van der Waals surface area contributed by atoms with Crippen LogP contribution in [0.1, 0.15) is 17.4 Å². The number of carbonyl (C=O) groups is 1. The van der Waals surface area contributed by atoms with E-state index >= 15 is 0 Å². The lowest BCUT2D eigenvalue weighted by Gasteiger charge is -2.09. The van der Waals surface area contributed by atoms with Crippen molar-refractivity contribution >= 4 is 33.0 Å². The number of halogens is 1. The number of nitrogens with zero attached hydrogens (tertiary/aromatic N) is 2. The average molecular weight is 418 g/mol. The van der Waals surface area contributed by atoms with E-state index in [-0.39, 0.29) is 16.5 Å². The maximum absolute atomic E-state index is 12.5. The number of nitrogens with one attached hydrogen (secondary N) is 1. The van der Waals surface area contributed by atoms with Crippen LogP contribution in [0.4, 0.5) is 5.69 Å². The number of hydrogen-bond acceptors (Lipinski definition) is 6. The monoisotopic (exact) mass is 417 g/mol. The van der Waals surface area contributed by atoms with Crippen LogP contribution in [0.5, 0.6) is 11.5 Å². The van der Waals surface area contributed by atoms with E-state index in [0.29, 0.717) is 17.2 Å². The lowest BCUT2D eigenvalue weighted by Crippen LogP contribution is -2.18. The molecular weight excluding hydrogens is 402 g/mol. The first-order valence-electron chi connectivity index (χ1n) is 8.28. The normalized spacial score (nSPS) is 11.1. The van der Waals surface area contributed by atoms with Gasteiger partial charge < -0.3 is 10.1 Å². The first-order valence-corrected chi connectivity index (χ1v) is 10.3. The minimum atomic E-state index is -3.66. The number of sulfone groups is 1. The molecule has 0 unspecified atom stereocenters. The predicted octanol–water partition coefficient (Wildman–Crippen LogP) is 3.97. The van der Waals surface area contributed by atoms with Crippen LogP contribution < -0.4 is 10.1 Å². The third-order valence-corrected chi connectivity index (χ3v) is 5.48. The molecule has 0 saturated carbocycles. The molecule has 0 aliphatic heterocycles. The van der Waals surface area contributed by atoms with Crippen LogP contribution in [0.3, 0.4) is 0 Å². The number of aromatic nitrogens is 2. The molecule has 0 atom stereocenters. The Kier molecular flexibility index (Phi) is 5.91. The van der Waals surface area contributed by atoms with Gasteiger partial charge >= 0.3 is 0 Å². The fourth-order valence-corrected chi connectivity index (χ4v) is 3.09. The second kappa shape index (κ2) is 8.37. The Hall–Kier alpha value is -2.97. The molecule has 0 saturated heterocycles. The van der Waals surface area contributed by atoms with E-state index in [1.807, 2.05) is 30.3 Å². The summed E-state index contributed by atoms with van der Waals surface area (Å²) in [5, 5.41) is 2.14. The molecule has 144 valence electrons. The van der Waals surface area contributed by atoms with Gasteiger partial charge in [0.2, 0.25) is 15.0 Å². The molecule has 2 aromatic carbocycles. The fraction of sp³-hybridized carbons (Fsp3) is 0.105. The van der Waals surface area contributed by atoms with Crippen molar-refractivity contribution in [2.24, 2.45) is 0 Å². The van der Waals surface area contributed by atoms with Crippen molar-refractivity contribution in [3.63, 3.8) is 0 Å². The van der Waals surface area contributed by atoms with Crippen LogP contribution in [-0.4, -0.2) is 30.0 Å². The summed E-state index contributed by atoms with van der Waals surface area (Å²) < 4.78 is 29.5. The van der Waals surface area contributed by atoms with Gasteiger partial charge in [-0.2, -0.15) is 0 Å². The van der Waals surface area contributed by atoms with E-state index < -0.39 is 20.9 Å². The van der Waals surface area contributed by atoms with Crippen LogP contribution in [0.2, 0.25) is 5.02 Å². The van der Waals surface area contributed by atoms with Gasteiger partial charge in [-0.25, -0.2) is 18.4 Å². The van der Waals surface area contributed by atoms with Gasteiger partial charge in [0.1, 0.15) is 11.5 Å². The van der Waals surface area contributed by atoms with Crippen LogP contribution >= 0.6 is 11.6 Å². The van der Waals surface area contributed by atoms with Crippen molar-refractivity contribution in [3.05, 3.63) is 71.5 Å². The minimum absolute atomic E-state index is 0.0448. The fourth-order valence-electron chi connectivity index (χ4n) is 2.21. The van der Waals surface area contributed by atoms with Crippen molar-refractivity contribution in [1.82, 2.24) is 9.97 Å². The Balaban J connectivity index is 1.75. The maximum atomic E-state index is 12.5. The van der Waals surface area contributed by atoms with E-state index in [4.69, 9.17) is 16.3 Å². The van der Waals surface area contributed by atoms with Crippen molar-refractivity contribution in [2.45, 2.75) is 12.1 Å². The maximum Gasteiger partial charge on any atom is 0.275 e. The van der Waals surface area contributed by atoms with Gasteiger partial charge in [0.15, 0.2) is 5.69 Å². The Bertz CT molecular complexity index is 1090. The number of rotatable bonds is 6. The SMILES string of the molecule is CCS(=O)(=O)c1ncc(Cl)c(C(=O)Nc2ccc(Oc3ccccc3)cc2)n1. The van der Waals surface area contributed by atoms with Crippen molar-refractivity contribution < 1.29 is 17.9 Å². The smallest absolute Gasteiger partial charge is 0.275 e. The van der Waals surface area contributed by atoms with Crippen molar-refractivity contribution in [3.8, 4) is 11.5 Å². The van der Waals surface area contributed by atoms with Crippen molar-refractivity contribution in [1.29, 1.82) is 0 Å². The first kappa shape index (κ1) is 19.8. The molecule has 0 aliphatic carbocycles. The molecule has 7 nitrogen and oxygen atoms in total. The third kappa shape index (κ3) is 4.65. The second-order valence-corrected chi connectivity index (χ2v) is 8.23. The van der Waals surface area contributed by atoms with Gasteiger partial charge in [0, 0.05) is 5.69 Å². The van der Waals surface area contributed by atoms with E-state index in [9.17, 15) is 13.2 Å². The molecule has 1 N–H and O–H groups in total. The highest BCUT2D eigenvalue weighted by Crippen LogP contribution is 2.23. The molecule has 0 bridgehead atoms. The lowest BCUT2D eigenvalue weighted by atomic mass is 10.3. The zero-order chi connectivity index (χ0) is 20.1. The van der Waals surface area contributed by atoms with E-state index in [2.05, 4.69) is 15.3 Å². The topological polar surface area (TPSA) is 98.2 Å². The lowest BCUT2D eigenvalue weighted by molar-refractivity contribution is 0.102. The molecular formula is C19H16ClN3O4S. The standard InChI is InChI=1S/C19H16ClN3O4S/c1-2-28(25,26)19-21-12-16(20)17(23-19)18(24)22-13-8-10-15(11-9-13)27-14-6-4-3-5-7-14/h3-12H,2H2,1H3,(H,22,24). The second-order valence-electron chi connectivity index (χ2n) is 5.65. The third-order valence-electron chi connectivity index (χ3n) is 3.69. The zero-order valence-electron chi connectivity index (χ0n) is 14.8. The van der Waals surface area contributed by atoms with Gasteiger partial charge in [-0.3, -0.25) is 4.79 Å². The summed E-state index contributed by atoms with van der Waals surface area (Å²) in [5.41, 5.74) is 0.258. The summed E-state index contributed by atoms with van der Waals surface area (Å²) in [4.78, 5) is 20.0. The van der Waals surface area contributed by atoms with Gasteiger partial charge in [0.25, 0.3) is 5.91 Å². The Morgan fingerprint density at radius 1 is 1.07 bits per heavy atom. The number of para-hydroxylation sites is 1. The largest absolute Gasteiger partial charge is 0.457 e. The molecule has 1 aromatic heterocycles. The highest BCUT2D eigenvalue weighted by Gasteiger charge is 2.21. The average Bonchev–Trinajstić information content (AvgIpc) is 2.70. The summed E-state index contributed by atoms with van der Waals surface area (Å²) in [6, 6.07) is 16.0. The number of ether oxygens (including phenoxy) is 1. The number of carbonyl (C=O) groups excluding carboxylic acids is 1. The van der Waals surface area contributed by atoms with Gasteiger partial charge in [-0.05, 0) is 36.4 Å². The summed E-state index contributed by atoms with van der Waals surface area (Å²) in [7, 11) is -3.66. The molecule has 28 heavy (non-hydrogen) atoms. The Morgan fingerprint density at radius 3 is 2.36 bits per heavy atom. The van der Waals surface area contributed by atoms with Crippen LogP contribution in [0.15, 0.2) is 66.0 Å². The molecule has 3 rings (SSSR count). The van der Waals surface area contributed by atoms with Crippen LogP contribution in [0.25, 0.3) is 0 Å². The molecule has 0 spiro atoms. The summed E-state index contributed by atoms with van der Waals surface area (Å²) in [6.07, 6.45) is 1.10. The Labute approximate surface area is 167 Å². The molecule has 1 heterocycles. The summed E-state index contributed by atoms with van der Waals surface area (Å²) in [6.45, 7) is 1.46. The highest BCUT2D eigenvalue weighted by atomic mass is 35.5. The molecule has 0 radical (unpaired) electrons. The summed E-state index contributed by atoms with van der Waals surface area (Å²) in [5.74, 6) is 0.465. The highest BCUT2D eigenvalue weighted by molar-refractivity contribution is 7.91. The van der Waals surface area contributed by atoms with Gasteiger partial charge in [-0.15, -0.1) is 0 Å². The van der Waals surface area contributed by atoms with E-state index in [0.717, 1.165) is 6.20 Å². The zero-order valence-corrected chi connectivity index (χ0v) is 16.4. The molecule has 0 aliphatic rings. The number of amides is 1. The van der Waals surface area contributed by atoms with E-state index in [1.165, 1.54) is 6.92 Å². The van der Waals surface area contributed by atoms with Crippen LogP contribution in [-0.2, 0) is 9.84 Å². The number of anilines is 1. The van der Waals surface area contributed by atoms with Crippen LogP contribution in [0, 0.1) is 0 Å². The minimum Gasteiger partial charge on any atom is -0.457 e.